The van der Waals surface area contributed by atoms with Gasteiger partial charge in [0.05, 0.1) is 12.3 Å². The lowest BCUT2D eigenvalue weighted by Crippen LogP contribution is -2.31. The summed E-state index contributed by atoms with van der Waals surface area (Å²) in [6.45, 7) is 0. The molecule has 0 aromatic rings. The van der Waals surface area contributed by atoms with Crippen molar-refractivity contribution in [2.75, 3.05) is 0 Å². The monoisotopic (exact) mass is 348 g/mol. The van der Waals surface area contributed by atoms with E-state index in [2.05, 4.69) is 12.2 Å². The van der Waals surface area contributed by atoms with Gasteiger partial charge in [0.25, 0.3) is 5.92 Å². The fraction of sp³-hybridized carbons (Fsp3) is 0.833. The summed E-state index contributed by atoms with van der Waals surface area (Å²) in [6.07, 6.45) is 3.24. The normalized spacial score (nSPS) is 35.6. The van der Waals surface area contributed by atoms with Crippen LogP contribution < -0.4 is 0 Å². The molecule has 3 unspecified atom stereocenters. The average molecular weight is 348 g/mol. The summed E-state index contributed by atoms with van der Waals surface area (Å²) in [5, 5.41) is 0. The van der Waals surface area contributed by atoms with E-state index in [9.17, 15) is 22.4 Å². The Morgan fingerprint density at radius 3 is 2.38 bits per heavy atom. The van der Waals surface area contributed by atoms with E-state index in [4.69, 9.17) is 4.74 Å². The highest BCUT2D eigenvalue weighted by Gasteiger charge is 2.42. The number of esters is 1. The van der Waals surface area contributed by atoms with Crippen molar-refractivity contribution in [2.24, 2.45) is 23.7 Å². The van der Waals surface area contributed by atoms with Crippen LogP contribution in [-0.2, 0) is 9.53 Å². The molecule has 24 heavy (non-hydrogen) atoms. The van der Waals surface area contributed by atoms with Gasteiger partial charge in [-0.25, -0.2) is 17.6 Å². The van der Waals surface area contributed by atoms with Crippen molar-refractivity contribution in [1.82, 2.24) is 0 Å². The molecule has 3 atom stereocenters. The van der Waals surface area contributed by atoms with Crippen molar-refractivity contribution in [3.8, 4) is 0 Å². The van der Waals surface area contributed by atoms with Gasteiger partial charge in [0.2, 0.25) is 6.43 Å². The molecule has 2 nitrogen and oxygen atoms in total. The molecule has 0 spiro atoms. The SMILES string of the molecule is O=C(OC1CCC(CC(F)(F)CC(F)F)CC1)C1CC2C=CC1C2. The van der Waals surface area contributed by atoms with Gasteiger partial charge < -0.3 is 4.74 Å². The molecule has 0 radical (unpaired) electrons. The minimum atomic E-state index is -3.31. The fourth-order valence-electron chi connectivity index (χ4n) is 4.49. The first kappa shape index (κ1) is 17.7. The summed E-state index contributed by atoms with van der Waals surface area (Å²) in [7, 11) is 0. The lowest BCUT2D eigenvalue weighted by Gasteiger charge is -2.31. The number of hydrogen-bond donors (Lipinski definition) is 0. The predicted molar refractivity (Wildman–Crippen MR) is 80.9 cm³/mol. The predicted octanol–water partition coefficient (Wildman–Crippen LogP) is 4.98. The van der Waals surface area contributed by atoms with Crippen LogP contribution in [0, 0.1) is 23.7 Å². The summed E-state index contributed by atoms with van der Waals surface area (Å²) in [4.78, 5) is 12.3. The molecule has 0 aliphatic heterocycles. The third-order valence-electron chi connectivity index (χ3n) is 5.70. The van der Waals surface area contributed by atoms with Gasteiger partial charge in [0.1, 0.15) is 6.10 Å². The zero-order chi connectivity index (χ0) is 17.3. The van der Waals surface area contributed by atoms with Crippen molar-refractivity contribution in [1.29, 1.82) is 0 Å². The number of hydrogen-bond acceptors (Lipinski definition) is 2. The van der Waals surface area contributed by atoms with Gasteiger partial charge in [-0.2, -0.15) is 0 Å². The van der Waals surface area contributed by atoms with Crippen LogP contribution in [0.2, 0.25) is 0 Å². The van der Waals surface area contributed by atoms with E-state index in [0.717, 1.165) is 12.8 Å². The van der Waals surface area contributed by atoms with Gasteiger partial charge in [-0.15, -0.1) is 0 Å². The summed E-state index contributed by atoms with van der Waals surface area (Å²) >= 11 is 0. The molecular formula is C18H24F4O2. The van der Waals surface area contributed by atoms with Crippen LogP contribution in [0.1, 0.15) is 51.4 Å². The number of fused-ring (bicyclic) bond motifs is 2. The van der Waals surface area contributed by atoms with Crippen LogP contribution in [0.25, 0.3) is 0 Å². The number of allylic oxidation sites excluding steroid dienone is 2. The molecule has 2 fully saturated rings. The quantitative estimate of drug-likeness (QED) is 0.384. The van der Waals surface area contributed by atoms with Gasteiger partial charge in [0.15, 0.2) is 0 Å². The van der Waals surface area contributed by atoms with Crippen molar-refractivity contribution in [2.45, 2.75) is 69.8 Å². The second-order valence-corrected chi connectivity index (χ2v) is 7.62. The lowest BCUT2D eigenvalue weighted by atomic mass is 9.83. The van der Waals surface area contributed by atoms with E-state index in [0.29, 0.717) is 37.5 Å². The summed E-state index contributed by atoms with van der Waals surface area (Å²) in [5.41, 5.74) is 0. The van der Waals surface area contributed by atoms with Crippen LogP contribution in [0.4, 0.5) is 17.6 Å². The number of rotatable bonds is 6. The zero-order valence-corrected chi connectivity index (χ0v) is 13.6. The number of carbonyl (C=O) groups excluding carboxylic acids is 1. The molecular weight excluding hydrogens is 324 g/mol. The molecule has 3 aliphatic rings. The van der Waals surface area contributed by atoms with E-state index in [-0.39, 0.29) is 23.9 Å². The summed E-state index contributed by atoms with van der Waals surface area (Å²) < 4.78 is 56.9. The van der Waals surface area contributed by atoms with E-state index in [1.165, 1.54) is 0 Å². The van der Waals surface area contributed by atoms with Crippen molar-refractivity contribution >= 4 is 5.97 Å². The first-order valence-corrected chi connectivity index (χ1v) is 8.87. The minimum absolute atomic E-state index is 0.0481. The molecule has 3 rings (SSSR count). The molecule has 2 saturated carbocycles. The van der Waals surface area contributed by atoms with E-state index < -0.39 is 25.2 Å². The number of ether oxygens (including phenoxy) is 1. The number of halogens is 4. The smallest absolute Gasteiger partial charge is 0.309 e. The second-order valence-electron chi connectivity index (χ2n) is 7.62. The highest BCUT2D eigenvalue weighted by Crippen LogP contribution is 2.44. The highest BCUT2D eigenvalue weighted by atomic mass is 19.3. The summed E-state index contributed by atoms with van der Waals surface area (Å²) in [5.74, 6) is -2.98. The van der Waals surface area contributed by atoms with Crippen LogP contribution in [0.5, 0.6) is 0 Å². The van der Waals surface area contributed by atoms with E-state index >= 15 is 0 Å². The molecule has 0 saturated heterocycles. The molecule has 3 aliphatic carbocycles. The van der Waals surface area contributed by atoms with Gasteiger partial charge >= 0.3 is 5.97 Å². The van der Waals surface area contributed by atoms with Gasteiger partial charge in [0, 0.05) is 6.42 Å². The Balaban J connectivity index is 1.41. The first-order chi connectivity index (χ1) is 11.3. The topological polar surface area (TPSA) is 26.3 Å². The van der Waals surface area contributed by atoms with Gasteiger partial charge in [-0.1, -0.05) is 12.2 Å². The van der Waals surface area contributed by atoms with Crippen LogP contribution >= 0.6 is 0 Å². The Hall–Kier alpha value is -1.07. The fourth-order valence-corrected chi connectivity index (χ4v) is 4.49. The van der Waals surface area contributed by atoms with Crippen LogP contribution in [0.15, 0.2) is 12.2 Å². The van der Waals surface area contributed by atoms with Gasteiger partial charge in [-0.05, 0) is 56.3 Å². The molecule has 136 valence electrons. The third kappa shape index (κ3) is 4.31. The van der Waals surface area contributed by atoms with Crippen molar-refractivity contribution in [3.63, 3.8) is 0 Å². The minimum Gasteiger partial charge on any atom is -0.462 e. The zero-order valence-electron chi connectivity index (χ0n) is 13.6. The Morgan fingerprint density at radius 2 is 1.83 bits per heavy atom. The highest BCUT2D eigenvalue weighted by molar-refractivity contribution is 5.74. The van der Waals surface area contributed by atoms with Crippen LogP contribution in [0.3, 0.4) is 0 Å². The number of carbonyl (C=O) groups is 1. The molecule has 0 amide bonds. The summed E-state index contributed by atoms with van der Waals surface area (Å²) in [6, 6.07) is 0. The van der Waals surface area contributed by atoms with E-state index in [1.807, 2.05) is 0 Å². The second kappa shape index (κ2) is 7.04. The first-order valence-electron chi connectivity index (χ1n) is 8.87. The van der Waals surface area contributed by atoms with Gasteiger partial charge in [-0.3, -0.25) is 4.79 Å². The molecule has 0 N–H and O–H groups in total. The molecule has 0 aromatic heterocycles. The Bertz CT molecular complexity index is 483. The maximum Gasteiger partial charge on any atom is 0.309 e. The largest absolute Gasteiger partial charge is 0.462 e. The number of alkyl halides is 4. The van der Waals surface area contributed by atoms with Crippen LogP contribution in [-0.4, -0.2) is 24.4 Å². The van der Waals surface area contributed by atoms with E-state index in [1.54, 1.807) is 0 Å². The van der Waals surface area contributed by atoms with Crippen molar-refractivity contribution in [3.05, 3.63) is 12.2 Å². The maximum atomic E-state index is 13.5. The Morgan fingerprint density at radius 1 is 1.12 bits per heavy atom. The molecule has 0 aromatic carbocycles. The maximum absolute atomic E-state index is 13.5. The third-order valence-corrected chi connectivity index (χ3v) is 5.70. The molecule has 0 heterocycles. The Kier molecular flexibility index (Phi) is 5.21. The molecule has 6 heteroatoms. The standard InChI is InChI=1S/C18H24F4O2/c19-16(20)10-18(21,22)9-11-2-5-14(6-3-11)24-17(23)15-8-12-1-4-13(15)7-12/h1,4,11-16H,2-3,5-10H2. The van der Waals surface area contributed by atoms with Crippen molar-refractivity contribution < 1.29 is 27.1 Å². The molecule has 2 bridgehead atoms. The average Bonchev–Trinajstić information content (AvgIpc) is 3.10. The Labute approximate surface area is 139 Å². The lowest BCUT2D eigenvalue weighted by molar-refractivity contribution is -0.157.